The van der Waals surface area contributed by atoms with Crippen molar-refractivity contribution in [3.05, 3.63) is 60.7 Å². The number of benzene rings is 2. The van der Waals surface area contributed by atoms with Crippen molar-refractivity contribution in [2.45, 2.75) is 13.8 Å². The van der Waals surface area contributed by atoms with Crippen LogP contribution >= 0.6 is 0 Å². The smallest absolute Gasteiger partial charge is 0 e. The minimum Gasteiger partial charge on any atom is -0.226 e. The second-order valence-corrected chi connectivity index (χ2v) is 2.55. The average molecular weight is 360 g/mol. The second kappa shape index (κ2) is 12.1. The summed E-state index contributed by atoms with van der Waals surface area (Å²) in [5.41, 5.74) is 2.19. The first-order chi connectivity index (χ1) is 6.97. The fourth-order valence-corrected chi connectivity index (χ4v) is 1.12. The van der Waals surface area contributed by atoms with Crippen LogP contribution in [0.1, 0.15) is 13.8 Å². The van der Waals surface area contributed by atoms with Gasteiger partial charge in [0.2, 0.25) is 0 Å². The summed E-state index contributed by atoms with van der Waals surface area (Å²) < 4.78 is 0. The molecule has 0 nitrogen and oxygen atoms in total. The largest absolute Gasteiger partial charge is 0.226 e. The molecule has 2 aromatic rings. The van der Waals surface area contributed by atoms with Crippen LogP contribution in [-0.4, -0.2) is 0 Å². The average Bonchev–Trinajstić information content (AvgIpc) is 2.34. The summed E-state index contributed by atoms with van der Waals surface area (Å²) in [7, 11) is 0. The van der Waals surface area contributed by atoms with Crippen molar-refractivity contribution >= 4 is 0 Å². The summed E-state index contributed by atoms with van der Waals surface area (Å²) in [6.45, 7) is 4.00. The molecule has 2 radical (unpaired) electrons. The van der Waals surface area contributed by atoms with Crippen LogP contribution in [0.15, 0.2) is 48.5 Å². The number of hydrogen-bond donors (Lipinski definition) is 0. The fraction of sp³-hybridized carbons (Fsp3) is 0.143. The van der Waals surface area contributed by atoms with Gasteiger partial charge in [-0.2, -0.15) is 48.5 Å². The molecular weight excluding hydrogens is 346 g/mol. The maximum Gasteiger partial charge on any atom is 0 e. The van der Waals surface area contributed by atoms with E-state index >= 15 is 0 Å². The van der Waals surface area contributed by atoms with Crippen LogP contribution in [-0.2, 0) is 65.4 Å². The van der Waals surface area contributed by atoms with Crippen LogP contribution in [0.4, 0.5) is 0 Å². The standard InChI is InChI=1S/C12H8.C2H6.2Y/c1-3-7-11(8-4-1)12-9-5-2-6-10-12;1-2;;/h1-7,9H;1-2H3;;/q-2;;;. The van der Waals surface area contributed by atoms with Crippen LogP contribution in [0.2, 0.25) is 0 Å². The van der Waals surface area contributed by atoms with Gasteiger partial charge in [0.25, 0.3) is 0 Å². The maximum atomic E-state index is 3.15. The van der Waals surface area contributed by atoms with E-state index in [1.807, 2.05) is 62.4 Å². The van der Waals surface area contributed by atoms with Gasteiger partial charge in [-0.1, -0.05) is 13.8 Å². The van der Waals surface area contributed by atoms with E-state index in [4.69, 9.17) is 0 Å². The molecule has 2 heteroatoms. The Bertz CT molecular complexity index is 306. The molecule has 0 aliphatic rings. The van der Waals surface area contributed by atoms with E-state index in [2.05, 4.69) is 12.1 Å². The Labute approximate surface area is 149 Å². The van der Waals surface area contributed by atoms with Gasteiger partial charge < -0.3 is 0 Å². The first-order valence-electron chi connectivity index (χ1n) is 4.90. The zero-order chi connectivity index (χ0) is 10.2. The quantitative estimate of drug-likeness (QED) is 0.675. The molecule has 0 saturated carbocycles. The number of hydrogen-bond acceptors (Lipinski definition) is 0. The Balaban J connectivity index is 0. The third-order valence-electron chi connectivity index (χ3n) is 1.71. The summed E-state index contributed by atoms with van der Waals surface area (Å²) >= 11 is 0. The van der Waals surface area contributed by atoms with Crippen LogP contribution in [0.5, 0.6) is 0 Å². The Kier molecular flexibility index (Phi) is 14.4. The monoisotopic (exact) mass is 360 g/mol. The van der Waals surface area contributed by atoms with E-state index in [0.29, 0.717) is 0 Å². The van der Waals surface area contributed by atoms with Crippen LogP contribution < -0.4 is 0 Å². The fourth-order valence-electron chi connectivity index (χ4n) is 1.12. The van der Waals surface area contributed by atoms with E-state index < -0.39 is 0 Å². The number of rotatable bonds is 1. The SMILES string of the molecule is CC.[Y].[Y].[c-]1ccccc1-c1[c-]cccc1. The molecule has 0 N–H and O–H groups in total. The first-order valence-corrected chi connectivity index (χ1v) is 4.90. The maximum absolute atomic E-state index is 3.15. The summed E-state index contributed by atoms with van der Waals surface area (Å²) in [5.74, 6) is 0. The predicted molar refractivity (Wildman–Crippen MR) is 60.9 cm³/mol. The molecule has 0 unspecified atom stereocenters. The van der Waals surface area contributed by atoms with Gasteiger partial charge in [-0.3, -0.25) is 0 Å². The van der Waals surface area contributed by atoms with Gasteiger partial charge in [0.15, 0.2) is 0 Å². The molecule has 0 aliphatic heterocycles. The van der Waals surface area contributed by atoms with Crippen molar-refractivity contribution in [2.75, 3.05) is 0 Å². The minimum absolute atomic E-state index is 0. The third-order valence-corrected chi connectivity index (χ3v) is 1.71. The molecule has 0 saturated heterocycles. The molecular formula is C14H14Y2-2. The van der Waals surface area contributed by atoms with Crippen LogP contribution in [0.3, 0.4) is 0 Å². The summed E-state index contributed by atoms with van der Waals surface area (Å²) in [6, 6.07) is 22.1. The van der Waals surface area contributed by atoms with Gasteiger partial charge in [0.1, 0.15) is 0 Å². The van der Waals surface area contributed by atoms with Gasteiger partial charge in [-0.05, 0) is 0 Å². The van der Waals surface area contributed by atoms with E-state index in [-0.39, 0.29) is 65.4 Å². The molecule has 2 aromatic carbocycles. The normalized spacial score (nSPS) is 7.62. The molecule has 0 atom stereocenters. The van der Waals surface area contributed by atoms with Gasteiger partial charge in [0, 0.05) is 65.4 Å². The molecule has 0 heterocycles. The van der Waals surface area contributed by atoms with Crippen molar-refractivity contribution in [1.29, 1.82) is 0 Å². The van der Waals surface area contributed by atoms with Gasteiger partial charge in [-0.15, -0.1) is 12.1 Å². The summed E-state index contributed by atoms with van der Waals surface area (Å²) in [5, 5.41) is 0. The van der Waals surface area contributed by atoms with Crippen LogP contribution in [0.25, 0.3) is 11.1 Å². The predicted octanol–water partition coefficient (Wildman–Crippen LogP) is 3.98. The zero-order valence-corrected chi connectivity index (χ0v) is 15.5. The van der Waals surface area contributed by atoms with Gasteiger partial charge in [0.05, 0.1) is 0 Å². The molecule has 0 spiro atoms. The van der Waals surface area contributed by atoms with E-state index in [1.165, 1.54) is 0 Å². The van der Waals surface area contributed by atoms with Crippen molar-refractivity contribution < 1.29 is 65.4 Å². The molecule has 78 valence electrons. The Hall–Kier alpha value is 0.648. The molecule has 16 heavy (non-hydrogen) atoms. The van der Waals surface area contributed by atoms with E-state index in [0.717, 1.165) is 11.1 Å². The molecule has 0 fully saturated rings. The summed E-state index contributed by atoms with van der Waals surface area (Å²) in [4.78, 5) is 0. The van der Waals surface area contributed by atoms with Crippen LogP contribution in [0, 0.1) is 12.1 Å². The molecule has 0 aliphatic carbocycles. The zero-order valence-electron chi connectivity index (χ0n) is 9.77. The van der Waals surface area contributed by atoms with E-state index in [9.17, 15) is 0 Å². The topological polar surface area (TPSA) is 0 Å². The van der Waals surface area contributed by atoms with Gasteiger partial charge >= 0.3 is 0 Å². The Morgan fingerprint density at radius 3 is 1.31 bits per heavy atom. The minimum atomic E-state index is 0. The third kappa shape index (κ3) is 6.40. The van der Waals surface area contributed by atoms with Crippen molar-refractivity contribution in [2.24, 2.45) is 0 Å². The Morgan fingerprint density at radius 1 is 0.688 bits per heavy atom. The van der Waals surface area contributed by atoms with Crippen molar-refractivity contribution in [3.63, 3.8) is 0 Å². The van der Waals surface area contributed by atoms with Crippen molar-refractivity contribution in [3.8, 4) is 11.1 Å². The second-order valence-electron chi connectivity index (χ2n) is 2.55. The molecule has 0 bridgehead atoms. The molecule has 0 amide bonds. The van der Waals surface area contributed by atoms with E-state index in [1.54, 1.807) is 0 Å². The summed E-state index contributed by atoms with van der Waals surface area (Å²) in [6.07, 6.45) is 0. The Morgan fingerprint density at radius 2 is 1.06 bits per heavy atom. The van der Waals surface area contributed by atoms with Crippen molar-refractivity contribution in [1.82, 2.24) is 0 Å². The molecule has 2 rings (SSSR count). The van der Waals surface area contributed by atoms with Gasteiger partial charge in [-0.25, -0.2) is 11.1 Å². The molecule has 0 aromatic heterocycles. The first kappa shape index (κ1) is 19.0.